The Kier molecular flexibility index (Phi) is 3.55. The van der Waals surface area contributed by atoms with E-state index in [-0.39, 0.29) is 18.3 Å². The molecule has 122 valence electrons. The van der Waals surface area contributed by atoms with E-state index in [1.165, 1.54) is 4.90 Å². The number of piperidine rings is 1. The summed E-state index contributed by atoms with van der Waals surface area (Å²) >= 11 is 0. The van der Waals surface area contributed by atoms with Gasteiger partial charge in [0.25, 0.3) is 0 Å². The summed E-state index contributed by atoms with van der Waals surface area (Å²) in [6.45, 7) is 1.94. The predicted molar refractivity (Wildman–Crippen MR) is 69.2 cm³/mol. The normalized spacial score (nSPS) is 26.6. The van der Waals surface area contributed by atoms with Gasteiger partial charge in [-0.3, -0.25) is 4.55 Å². The molecule has 3 rings (SSSR count). The van der Waals surface area contributed by atoms with Crippen LogP contribution in [0.25, 0.3) is 0 Å². The minimum atomic E-state index is -4.76. The molecule has 3 N–H and O–H groups in total. The molecule has 11 nitrogen and oxygen atoms in total. The van der Waals surface area contributed by atoms with Crippen LogP contribution < -0.4 is 5.73 Å². The van der Waals surface area contributed by atoms with Crippen molar-refractivity contribution in [3.63, 3.8) is 0 Å². The van der Waals surface area contributed by atoms with E-state index in [4.69, 9.17) is 14.7 Å². The number of carbonyl (C=O) groups is 1. The molecule has 2 aliphatic heterocycles. The SMILES string of the molecule is CC(N)c1nnc(C2CCC3CN2C(=O)N3OS(=O)(=O)O)o1. The molecule has 1 aromatic rings. The van der Waals surface area contributed by atoms with Crippen LogP contribution in [0.15, 0.2) is 4.42 Å². The number of nitrogens with zero attached hydrogens (tertiary/aromatic N) is 4. The van der Waals surface area contributed by atoms with E-state index < -0.39 is 34.6 Å². The molecule has 0 radical (unpaired) electrons. The summed E-state index contributed by atoms with van der Waals surface area (Å²) in [5.41, 5.74) is 5.65. The van der Waals surface area contributed by atoms with Crippen LogP contribution in [-0.2, 0) is 14.7 Å². The summed E-state index contributed by atoms with van der Waals surface area (Å²) in [6.07, 6.45) is 0.973. The van der Waals surface area contributed by atoms with Crippen LogP contribution in [0.3, 0.4) is 0 Å². The molecule has 0 spiro atoms. The number of hydroxylamine groups is 2. The molecule has 2 fully saturated rings. The fourth-order valence-electron chi connectivity index (χ4n) is 2.65. The van der Waals surface area contributed by atoms with Gasteiger partial charge in [0.05, 0.1) is 12.1 Å². The molecule has 3 heterocycles. The number of rotatable bonds is 4. The Morgan fingerprint density at radius 2 is 2.18 bits per heavy atom. The molecule has 1 aromatic heterocycles. The van der Waals surface area contributed by atoms with Crippen molar-refractivity contribution in [3.8, 4) is 0 Å². The number of hydrogen-bond acceptors (Lipinski definition) is 8. The zero-order valence-corrected chi connectivity index (χ0v) is 12.4. The van der Waals surface area contributed by atoms with Crippen LogP contribution in [0.2, 0.25) is 0 Å². The molecule has 12 heteroatoms. The third-order valence-electron chi connectivity index (χ3n) is 3.63. The first-order chi connectivity index (χ1) is 10.3. The highest BCUT2D eigenvalue weighted by Gasteiger charge is 2.49. The van der Waals surface area contributed by atoms with Gasteiger partial charge < -0.3 is 15.1 Å². The second-order valence-corrected chi connectivity index (χ2v) is 6.28. The fraction of sp³-hybridized carbons (Fsp3) is 0.700. The molecular formula is C10H15N5O6S. The molecule has 0 saturated carbocycles. The number of hydrogen-bond donors (Lipinski definition) is 2. The highest BCUT2D eigenvalue weighted by molar-refractivity contribution is 7.80. The number of fused-ring (bicyclic) bond motifs is 2. The lowest BCUT2D eigenvalue weighted by Crippen LogP contribution is -2.35. The first-order valence-corrected chi connectivity index (χ1v) is 7.98. The van der Waals surface area contributed by atoms with Crippen molar-refractivity contribution < 1.29 is 26.5 Å². The van der Waals surface area contributed by atoms with Crippen molar-refractivity contribution in [3.05, 3.63) is 11.8 Å². The third kappa shape index (κ3) is 2.65. The maximum Gasteiger partial charge on any atom is 0.418 e. The first-order valence-electron chi connectivity index (χ1n) is 6.62. The summed E-state index contributed by atoms with van der Waals surface area (Å²) in [7, 11) is -4.76. The van der Waals surface area contributed by atoms with E-state index in [9.17, 15) is 13.2 Å². The van der Waals surface area contributed by atoms with Gasteiger partial charge in [-0.25, -0.2) is 4.79 Å². The molecule has 3 atom stereocenters. The number of aromatic nitrogens is 2. The van der Waals surface area contributed by atoms with Crippen LogP contribution in [0, 0.1) is 0 Å². The van der Waals surface area contributed by atoms with E-state index in [0.29, 0.717) is 17.9 Å². The average Bonchev–Trinajstić information content (AvgIpc) is 2.99. The van der Waals surface area contributed by atoms with Gasteiger partial charge in [-0.05, 0) is 19.8 Å². The van der Waals surface area contributed by atoms with Gasteiger partial charge in [0.1, 0.15) is 6.04 Å². The lowest BCUT2D eigenvalue weighted by atomic mass is 10.0. The van der Waals surface area contributed by atoms with Crippen molar-refractivity contribution in [2.24, 2.45) is 5.73 Å². The van der Waals surface area contributed by atoms with Gasteiger partial charge in [0, 0.05) is 6.54 Å². The molecule has 0 aromatic carbocycles. The van der Waals surface area contributed by atoms with E-state index >= 15 is 0 Å². The average molecular weight is 333 g/mol. The van der Waals surface area contributed by atoms with Gasteiger partial charge >= 0.3 is 16.4 Å². The van der Waals surface area contributed by atoms with Crippen LogP contribution >= 0.6 is 0 Å². The number of nitrogens with two attached hydrogens (primary N) is 1. The molecule has 2 amide bonds. The minimum Gasteiger partial charge on any atom is -0.421 e. The summed E-state index contributed by atoms with van der Waals surface area (Å²) < 4.78 is 40.2. The summed E-state index contributed by atoms with van der Waals surface area (Å²) in [4.78, 5) is 13.6. The van der Waals surface area contributed by atoms with Gasteiger partial charge in [0.15, 0.2) is 0 Å². The topological polar surface area (TPSA) is 152 Å². The van der Waals surface area contributed by atoms with E-state index in [1.54, 1.807) is 6.92 Å². The molecule has 3 unspecified atom stereocenters. The minimum absolute atomic E-state index is 0.243. The molecule has 2 aliphatic rings. The van der Waals surface area contributed by atoms with E-state index in [2.05, 4.69) is 14.5 Å². The zero-order chi connectivity index (χ0) is 16.1. The van der Waals surface area contributed by atoms with Crippen molar-refractivity contribution in [1.29, 1.82) is 0 Å². The van der Waals surface area contributed by atoms with Crippen LogP contribution in [-0.4, -0.2) is 51.7 Å². The van der Waals surface area contributed by atoms with Crippen molar-refractivity contribution in [2.75, 3.05) is 6.54 Å². The Morgan fingerprint density at radius 3 is 2.77 bits per heavy atom. The molecule has 2 saturated heterocycles. The maximum absolute atomic E-state index is 12.2. The molecule has 2 bridgehead atoms. The predicted octanol–water partition coefficient (Wildman–Crippen LogP) is -0.235. The second kappa shape index (κ2) is 5.15. The summed E-state index contributed by atoms with van der Waals surface area (Å²) in [6, 6.07) is -2.03. The molecule has 0 aliphatic carbocycles. The van der Waals surface area contributed by atoms with E-state index in [1.807, 2.05) is 0 Å². The van der Waals surface area contributed by atoms with Gasteiger partial charge in [-0.15, -0.1) is 14.5 Å². The summed E-state index contributed by atoms with van der Waals surface area (Å²) in [5, 5.41) is 8.38. The van der Waals surface area contributed by atoms with Crippen molar-refractivity contribution in [1.82, 2.24) is 20.2 Å². The van der Waals surface area contributed by atoms with Crippen molar-refractivity contribution in [2.45, 2.75) is 37.9 Å². The monoisotopic (exact) mass is 333 g/mol. The standard InChI is InChI=1S/C10H15N5O6S/c1-5(11)8-12-13-9(20-8)7-3-2-6-4-14(7)10(16)15(6)21-22(17,18)19/h5-7H,2-4,11H2,1H3,(H,17,18,19). The Bertz CT molecular complexity index is 688. The largest absolute Gasteiger partial charge is 0.421 e. The third-order valence-corrected chi connectivity index (χ3v) is 3.98. The van der Waals surface area contributed by atoms with Crippen LogP contribution in [0.1, 0.15) is 43.6 Å². The first kappa shape index (κ1) is 15.1. The zero-order valence-electron chi connectivity index (χ0n) is 11.6. The molecular weight excluding hydrogens is 318 g/mol. The van der Waals surface area contributed by atoms with Crippen molar-refractivity contribution >= 4 is 16.4 Å². The lowest BCUT2D eigenvalue weighted by Gasteiger charge is -2.27. The quantitative estimate of drug-likeness (QED) is 0.711. The highest BCUT2D eigenvalue weighted by Crippen LogP contribution is 2.38. The van der Waals surface area contributed by atoms with Crippen LogP contribution in [0.5, 0.6) is 0 Å². The Labute approximate surface area is 125 Å². The van der Waals surface area contributed by atoms with Crippen LogP contribution in [0.4, 0.5) is 4.79 Å². The summed E-state index contributed by atoms with van der Waals surface area (Å²) in [5.74, 6) is 0.502. The number of urea groups is 1. The van der Waals surface area contributed by atoms with Gasteiger partial charge in [-0.2, -0.15) is 13.5 Å². The van der Waals surface area contributed by atoms with E-state index in [0.717, 1.165) is 0 Å². The number of amides is 2. The Morgan fingerprint density at radius 1 is 1.45 bits per heavy atom. The van der Waals surface area contributed by atoms with Gasteiger partial charge in [-0.1, -0.05) is 0 Å². The smallest absolute Gasteiger partial charge is 0.418 e. The van der Waals surface area contributed by atoms with Gasteiger partial charge in [0.2, 0.25) is 11.8 Å². The highest BCUT2D eigenvalue weighted by atomic mass is 32.3. The maximum atomic E-state index is 12.2. The Hall–Kier alpha value is -1.76. The lowest BCUT2D eigenvalue weighted by molar-refractivity contribution is -0.0317. The fourth-order valence-corrected chi connectivity index (χ4v) is 3.04. The second-order valence-electron chi connectivity index (χ2n) is 5.28. The molecule has 22 heavy (non-hydrogen) atoms. The Balaban J connectivity index is 1.82. The number of carbonyl (C=O) groups excluding carboxylic acids is 1.